The highest BCUT2D eigenvalue weighted by molar-refractivity contribution is 5.48. The van der Waals surface area contributed by atoms with Gasteiger partial charge in [0.1, 0.15) is 23.9 Å². The molecule has 0 amide bonds. The molecule has 2 aromatic rings. The van der Waals surface area contributed by atoms with Crippen molar-refractivity contribution in [3.05, 3.63) is 24.7 Å². The summed E-state index contributed by atoms with van der Waals surface area (Å²) in [6, 6.07) is 3.81. The van der Waals surface area contributed by atoms with Crippen molar-refractivity contribution in [2.24, 2.45) is 0 Å². The van der Waals surface area contributed by atoms with Crippen LogP contribution in [-0.2, 0) is 0 Å². The Kier molecular flexibility index (Phi) is 3.41. The summed E-state index contributed by atoms with van der Waals surface area (Å²) in [5.41, 5.74) is 0.747. The molecule has 1 aliphatic rings. The van der Waals surface area contributed by atoms with Crippen molar-refractivity contribution in [1.82, 2.24) is 25.1 Å². The monoisotopic (exact) mass is 259 g/mol. The molecule has 0 unspecified atom stereocenters. The Labute approximate surface area is 111 Å². The predicted molar refractivity (Wildman–Crippen MR) is 70.8 cm³/mol. The van der Waals surface area contributed by atoms with E-state index in [2.05, 4.69) is 32.1 Å². The van der Waals surface area contributed by atoms with E-state index >= 15 is 0 Å². The minimum absolute atomic E-state index is 0.298. The zero-order valence-corrected chi connectivity index (χ0v) is 10.9. The van der Waals surface area contributed by atoms with Crippen LogP contribution in [0.4, 0.5) is 0 Å². The van der Waals surface area contributed by atoms with Crippen LogP contribution in [0.1, 0.15) is 12.8 Å². The van der Waals surface area contributed by atoms with Crippen LogP contribution in [0.5, 0.6) is 5.75 Å². The summed E-state index contributed by atoms with van der Waals surface area (Å²) in [7, 11) is 2.14. The minimum Gasteiger partial charge on any atom is -0.489 e. The number of aromatic amines is 1. The van der Waals surface area contributed by atoms with Crippen molar-refractivity contribution < 1.29 is 4.74 Å². The number of hydrogen-bond donors (Lipinski definition) is 1. The molecule has 3 heterocycles. The van der Waals surface area contributed by atoms with Crippen molar-refractivity contribution in [3.8, 4) is 17.3 Å². The number of piperidine rings is 1. The lowest BCUT2D eigenvalue weighted by molar-refractivity contribution is 0.114. The maximum absolute atomic E-state index is 5.94. The van der Waals surface area contributed by atoms with Gasteiger partial charge in [-0.15, -0.1) is 0 Å². The van der Waals surface area contributed by atoms with Crippen LogP contribution < -0.4 is 4.74 Å². The maximum atomic E-state index is 5.94. The van der Waals surface area contributed by atoms with Crippen LogP contribution in [0, 0.1) is 0 Å². The molecule has 6 nitrogen and oxygen atoms in total. The third kappa shape index (κ3) is 2.90. The highest BCUT2D eigenvalue weighted by Gasteiger charge is 2.18. The molecule has 1 N–H and O–H groups in total. The SMILES string of the molecule is CN1CCC(Oc2ccc(-c3nc[nH]n3)nc2)CC1. The van der Waals surface area contributed by atoms with Gasteiger partial charge in [0.2, 0.25) is 0 Å². The van der Waals surface area contributed by atoms with Crippen molar-refractivity contribution >= 4 is 0 Å². The van der Waals surface area contributed by atoms with E-state index in [1.807, 2.05) is 12.1 Å². The Balaban J connectivity index is 1.63. The third-order valence-corrected chi connectivity index (χ3v) is 3.35. The summed E-state index contributed by atoms with van der Waals surface area (Å²) in [6.07, 6.45) is 5.72. The van der Waals surface area contributed by atoms with Gasteiger partial charge in [-0.2, -0.15) is 5.10 Å². The highest BCUT2D eigenvalue weighted by Crippen LogP contribution is 2.19. The second kappa shape index (κ2) is 5.36. The zero-order chi connectivity index (χ0) is 13.1. The first-order chi connectivity index (χ1) is 9.31. The maximum Gasteiger partial charge on any atom is 0.199 e. The van der Waals surface area contributed by atoms with Crippen LogP contribution in [0.25, 0.3) is 11.5 Å². The molecule has 0 saturated carbocycles. The van der Waals surface area contributed by atoms with Gasteiger partial charge >= 0.3 is 0 Å². The third-order valence-electron chi connectivity index (χ3n) is 3.35. The molecule has 0 atom stereocenters. The van der Waals surface area contributed by atoms with Crippen molar-refractivity contribution in [1.29, 1.82) is 0 Å². The lowest BCUT2D eigenvalue weighted by Gasteiger charge is -2.29. The molecule has 0 spiro atoms. The minimum atomic E-state index is 0.298. The van der Waals surface area contributed by atoms with Gasteiger partial charge in [0.25, 0.3) is 0 Å². The molecule has 0 radical (unpaired) electrons. The smallest absolute Gasteiger partial charge is 0.199 e. The number of rotatable bonds is 3. The normalized spacial score (nSPS) is 17.5. The Bertz CT molecular complexity index is 502. The van der Waals surface area contributed by atoms with Gasteiger partial charge in [0, 0.05) is 13.1 Å². The summed E-state index contributed by atoms with van der Waals surface area (Å²) in [5.74, 6) is 1.42. The average molecular weight is 259 g/mol. The molecule has 1 saturated heterocycles. The van der Waals surface area contributed by atoms with E-state index in [1.165, 1.54) is 0 Å². The fraction of sp³-hybridized carbons (Fsp3) is 0.462. The first kappa shape index (κ1) is 12.1. The van der Waals surface area contributed by atoms with Gasteiger partial charge in [0.15, 0.2) is 5.82 Å². The Morgan fingerprint density at radius 3 is 2.74 bits per heavy atom. The number of aromatic nitrogens is 4. The molecule has 1 aliphatic heterocycles. The van der Waals surface area contributed by atoms with E-state index in [0.717, 1.165) is 37.4 Å². The van der Waals surface area contributed by atoms with Gasteiger partial charge in [-0.1, -0.05) is 0 Å². The van der Waals surface area contributed by atoms with Gasteiger partial charge in [0.05, 0.1) is 6.20 Å². The van der Waals surface area contributed by atoms with Crippen LogP contribution in [0.15, 0.2) is 24.7 Å². The Morgan fingerprint density at radius 1 is 1.26 bits per heavy atom. The van der Waals surface area contributed by atoms with Gasteiger partial charge in [-0.05, 0) is 32.0 Å². The quantitative estimate of drug-likeness (QED) is 0.901. The molecular weight excluding hydrogens is 242 g/mol. The molecule has 19 heavy (non-hydrogen) atoms. The summed E-state index contributed by atoms with van der Waals surface area (Å²) >= 11 is 0. The number of ether oxygens (including phenoxy) is 1. The first-order valence-electron chi connectivity index (χ1n) is 6.48. The van der Waals surface area contributed by atoms with E-state index in [0.29, 0.717) is 11.9 Å². The average Bonchev–Trinajstić information content (AvgIpc) is 2.96. The summed E-state index contributed by atoms with van der Waals surface area (Å²) in [5, 5.41) is 6.67. The van der Waals surface area contributed by atoms with E-state index < -0.39 is 0 Å². The van der Waals surface area contributed by atoms with Crippen LogP contribution in [0.3, 0.4) is 0 Å². The molecule has 0 bridgehead atoms. The molecule has 3 rings (SSSR count). The number of likely N-dealkylation sites (tertiary alicyclic amines) is 1. The second-order valence-corrected chi connectivity index (χ2v) is 4.82. The van der Waals surface area contributed by atoms with Crippen molar-refractivity contribution in [2.45, 2.75) is 18.9 Å². The number of pyridine rings is 1. The molecule has 6 heteroatoms. The predicted octanol–water partition coefficient (Wildman–Crippen LogP) is 1.34. The highest BCUT2D eigenvalue weighted by atomic mass is 16.5. The van der Waals surface area contributed by atoms with Gasteiger partial charge < -0.3 is 9.64 Å². The lowest BCUT2D eigenvalue weighted by atomic mass is 10.1. The zero-order valence-electron chi connectivity index (χ0n) is 10.9. The van der Waals surface area contributed by atoms with Crippen LogP contribution >= 0.6 is 0 Å². The molecule has 2 aromatic heterocycles. The summed E-state index contributed by atoms with van der Waals surface area (Å²) < 4.78 is 5.94. The standard InChI is InChI=1S/C13H17N5O/c1-18-6-4-10(5-7-18)19-11-2-3-12(14-8-11)13-15-9-16-17-13/h2-3,8-10H,4-7H2,1H3,(H,15,16,17). The Hall–Kier alpha value is -1.95. The number of hydrogen-bond acceptors (Lipinski definition) is 5. The van der Waals surface area contributed by atoms with Crippen LogP contribution in [0.2, 0.25) is 0 Å². The van der Waals surface area contributed by atoms with Crippen molar-refractivity contribution in [3.63, 3.8) is 0 Å². The topological polar surface area (TPSA) is 66.9 Å². The number of nitrogens with zero attached hydrogens (tertiary/aromatic N) is 4. The molecule has 1 fully saturated rings. The first-order valence-corrected chi connectivity index (χ1v) is 6.48. The lowest BCUT2D eigenvalue weighted by Crippen LogP contribution is -2.35. The molecule has 0 aromatic carbocycles. The Morgan fingerprint density at radius 2 is 2.11 bits per heavy atom. The molecular formula is C13H17N5O. The van der Waals surface area contributed by atoms with Crippen molar-refractivity contribution in [2.75, 3.05) is 20.1 Å². The van der Waals surface area contributed by atoms with Crippen LogP contribution in [-0.4, -0.2) is 51.3 Å². The van der Waals surface area contributed by atoms with E-state index in [-0.39, 0.29) is 0 Å². The van der Waals surface area contributed by atoms with Gasteiger partial charge in [-0.25, -0.2) is 9.97 Å². The second-order valence-electron chi connectivity index (χ2n) is 4.82. The largest absolute Gasteiger partial charge is 0.489 e. The fourth-order valence-corrected chi connectivity index (χ4v) is 2.21. The van der Waals surface area contributed by atoms with E-state index in [9.17, 15) is 0 Å². The van der Waals surface area contributed by atoms with E-state index in [4.69, 9.17) is 4.74 Å². The number of nitrogens with one attached hydrogen (secondary N) is 1. The fourth-order valence-electron chi connectivity index (χ4n) is 2.21. The van der Waals surface area contributed by atoms with Gasteiger partial charge in [-0.3, -0.25) is 5.10 Å². The summed E-state index contributed by atoms with van der Waals surface area (Å²) in [4.78, 5) is 10.7. The number of H-pyrrole nitrogens is 1. The molecule has 0 aliphatic carbocycles. The molecule has 100 valence electrons. The summed E-state index contributed by atoms with van der Waals surface area (Å²) in [6.45, 7) is 2.18. The van der Waals surface area contributed by atoms with E-state index in [1.54, 1.807) is 12.5 Å².